The van der Waals surface area contributed by atoms with Gasteiger partial charge in [0.2, 0.25) is 10.0 Å². The quantitative estimate of drug-likeness (QED) is 0.487. The summed E-state index contributed by atoms with van der Waals surface area (Å²) >= 11 is 0. The van der Waals surface area contributed by atoms with Crippen LogP contribution in [0.15, 0.2) is 59.8 Å². The molecular formula is C21H18N6O4S. The van der Waals surface area contributed by atoms with Crippen molar-refractivity contribution < 1.29 is 13.2 Å². The Morgan fingerprint density at radius 3 is 2.78 bits per heavy atom. The molecular weight excluding hydrogens is 432 g/mol. The molecule has 162 valence electrons. The fraction of sp³-hybridized carbons (Fsp3) is 0.143. The SMILES string of the molecule is CS(=O)(=O)N1CCc2cc(C(=O)Nc3ccccc3-n3ncc4c(=O)[nH]cnc43)ccc21. The zero-order chi connectivity index (χ0) is 22.5. The van der Waals surface area contributed by atoms with Gasteiger partial charge >= 0.3 is 0 Å². The van der Waals surface area contributed by atoms with Crippen molar-refractivity contribution in [2.45, 2.75) is 6.42 Å². The summed E-state index contributed by atoms with van der Waals surface area (Å²) in [4.78, 5) is 31.7. The Bertz CT molecular complexity index is 1540. The molecule has 3 heterocycles. The van der Waals surface area contributed by atoms with Gasteiger partial charge in [0.1, 0.15) is 5.39 Å². The Morgan fingerprint density at radius 1 is 1.16 bits per heavy atom. The fourth-order valence-corrected chi connectivity index (χ4v) is 4.81. The highest BCUT2D eigenvalue weighted by atomic mass is 32.2. The van der Waals surface area contributed by atoms with E-state index >= 15 is 0 Å². The Hall–Kier alpha value is -3.99. The molecule has 0 spiro atoms. The predicted molar refractivity (Wildman–Crippen MR) is 120 cm³/mol. The first-order valence-corrected chi connectivity index (χ1v) is 11.6. The standard InChI is InChI=1S/C21H18N6O4S/c1-32(30,31)26-9-8-13-10-14(6-7-17(13)26)20(28)25-16-4-2-3-5-18(16)27-19-15(11-24-27)21(29)23-12-22-19/h2-7,10-12H,8-9H2,1H3,(H,25,28)(H,22,23,29). The van der Waals surface area contributed by atoms with Crippen LogP contribution >= 0.6 is 0 Å². The summed E-state index contributed by atoms with van der Waals surface area (Å²) in [5, 5.41) is 7.48. The number of nitrogens with one attached hydrogen (secondary N) is 2. The number of para-hydroxylation sites is 2. The molecule has 1 aliphatic heterocycles. The molecule has 0 radical (unpaired) electrons. The van der Waals surface area contributed by atoms with Gasteiger partial charge in [-0.2, -0.15) is 5.10 Å². The van der Waals surface area contributed by atoms with Crippen LogP contribution in [-0.2, 0) is 16.4 Å². The molecule has 0 fully saturated rings. The van der Waals surface area contributed by atoms with E-state index in [0.29, 0.717) is 46.6 Å². The van der Waals surface area contributed by atoms with Crippen molar-refractivity contribution >= 4 is 38.3 Å². The first-order valence-electron chi connectivity index (χ1n) is 9.76. The van der Waals surface area contributed by atoms with Gasteiger partial charge < -0.3 is 10.3 Å². The molecule has 2 aromatic heterocycles. The molecule has 2 N–H and O–H groups in total. The first kappa shape index (κ1) is 19.9. The van der Waals surface area contributed by atoms with Gasteiger partial charge in [0.25, 0.3) is 11.5 Å². The summed E-state index contributed by atoms with van der Waals surface area (Å²) in [5.74, 6) is -0.347. The normalized spacial score (nSPS) is 13.3. The lowest BCUT2D eigenvalue weighted by Gasteiger charge is -2.16. The van der Waals surface area contributed by atoms with Crippen LogP contribution < -0.4 is 15.2 Å². The molecule has 32 heavy (non-hydrogen) atoms. The minimum atomic E-state index is -3.36. The number of hydrogen-bond acceptors (Lipinski definition) is 6. The average Bonchev–Trinajstić information content (AvgIpc) is 3.38. The molecule has 10 nitrogen and oxygen atoms in total. The zero-order valence-electron chi connectivity index (χ0n) is 16.9. The van der Waals surface area contributed by atoms with Crippen molar-refractivity contribution in [2.75, 3.05) is 22.4 Å². The predicted octanol–water partition coefficient (Wildman–Crippen LogP) is 1.68. The first-order chi connectivity index (χ1) is 15.3. The molecule has 2 aromatic carbocycles. The number of sulfonamides is 1. The van der Waals surface area contributed by atoms with E-state index in [2.05, 4.69) is 20.4 Å². The van der Waals surface area contributed by atoms with E-state index in [1.54, 1.807) is 42.5 Å². The number of fused-ring (bicyclic) bond motifs is 2. The third kappa shape index (κ3) is 3.32. The zero-order valence-corrected chi connectivity index (χ0v) is 17.8. The maximum Gasteiger partial charge on any atom is 0.261 e. The summed E-state index contributed by atoms with van der Waals surface area (Å²) < 4.78 is 26.7. The number of carbonyl (C=O) groups excluding carboxylic acids is 1. The molecule has 0 saturated heterocycles. The summed E-state index contributed by atoms with van der Waals surface area (Å²) in [6, 6.07) is 12.0. The lowest BCUT2D eigenvalue weighted by Crippen LogP contribution is -2.27. The van der Waals surface area contributed by atoms with Gasteiger partial charge in [0.15, 0.2) is 5.65 Å². The van der Waals surface area contributed by atoms with E-state index in [0.717, 1.165) is 5.56 Å². The van der Waals surface area contributed by atoms with E-state index in [4.69, 9.17) is 0 Å². The lowest BCUT2D eigenvalue weighted by molar-refractivity contribution is 0.102. The number of anilines is 2. The lowest BCUT2D eigenvalue weighted by atomic mass is 10.1. The number of nitrogens with zero attached hydrogens (tertiary/aromatic N) is 4. The molecule has 1 aliphatic rings. The van der Waals surface area contributed by atoms with E-state index in [1.165, 1.54) is 27.8 Å². The number of aromatic nitrogens is 4. The molecule has 11 heteroatoms. The Balaban J connectivity index is 1.48. The summed E-state index contributed by atoms with van der Waals surface area (Å²) in [7, 11) is -3.36. The monoisotopic (exact) mass is 450 g/mol. The molecule has 0 unspecified atom stereocenters. The second-order valence-corrected chi connectivity index (χ2v) is 9.33. The molecule has 4 aromatic rings. The summed E-state index contributed by atoms with van der Waals surface area (Å²) in [5.41, 5.74) is 2.93. The second kappa shape index (κ2) is 7.31. The van der Waals surface area contributed by atoms with Crippen LogP contribution in [-0.4, -0.2) is 46.9 Å². The molecule has 1 amide bonds. The summed E-state index contributed by atoms with van der Waals surface area (Å²) in [6.45, 7) is 0.362. The number of hydrogen-bond donors (Lipinski definition) is 2. The van der Waals surface area contributed by atoms with Crippen molar-refractivity contribution in [1.29, 1.82) is 0 Å². The minimum Gasteiger partial charge on any atom is -0.320 e. The maximum atomic E-state index is 13.0. The average molecular weight is 450 g/mol. The highest BCUT2D eigenvalue weighted by Gasteiger charge is 2.27. The van der Waals surface area contributed by atoms with Crippen LogP contribution in [0.4, 0.5) is 11.4 Å². The van der Waals surface area contributed by atoms with Gasteiger partial charge in [-0.1, -0.05) is 12.1 Å². The van der Waals surface area contributed by atoms with E-state index in [9.17, 15) is 18.0 Å². The van der Waals surface area contributed by atoms with Crippen LogP contribution in [0, 0.1) is 0 Å². The van der Waals surface area contributed by atoms with Crippen molar-refractivity contribution in [3.8, 4) is 5.69 Å². The maximum absolute atomic E-state index is 13.0. The van der Waals surface area contributed by atoms with E-state index in [1.807, 2.05) is 0 Å². The van der Waals surface area contributed by atoms with Gasteiger partial charge in [0, 0.05) is 12.1 Å². The van der Waals surface area contributed by atoms with Crippen LogP contribution in [0.1, 0.15) is 15.9 Å². The van der Waals surface area contributed by atoms with Crippen molar-refractivity contribution in [3.05, 3.63) is 76.5 Å². The third-order valence-electron chi connectivity index (χ3n) is 5.35. The van der Waals surface area contributed by atoms with Crippen LogP contribution in [0.2, 0.25) is 0 Å². The third-order valence-corrected chi connectivity index (χ3v) is 6.53. The van der Waals surface area contributed by atoms with Crippen LogP contribution in [0.5, 0.6) is 0 Å². The van der Waals surface area contributed by atoms with Crippen LogP contribution in [0.3, 0.4) is 0 Å². The largest absolute Gasteiger partial charge is 0.320 e. The molecule has 0 atom stereocenters. The number of benzene rings is 2. The Labute approximate surface area is 182 Å². The fourth-order valence-electron chi connectivity index (χ4n) is 3.85. The molecule has 0 aliphatic carbocycles. The van der Waals surface area contributed by atoms with Gasteiger partial charge in [0.05, 0.1) is 35.8 Å². The number of rotatable bonds is 4. The summed E-state index contributed by atoms with van der Waals surface area (Å²) in [6.07, 6.45) is 4.43. The van der Waals surface area contributed by atoms with Crippen molar-refractivity contribution in [1.82, 2.24) is 19.7 Å². The van der Waals surface area contributed by atoms with E-state index in [-0.39, 0.29) is 11.5 Å². The van der Waals surface area contributed by atoms with Crippen molar-refractivity contribution in [2.24, 2.45) is 0 Å². The molecule has 0 saturated carbocycles. The van der Waals surface area contributed by atoms with Gasteiger partial charge in [-0.3, -0.25) is 13.9 Å². The Kier molecular flexibility index (Phi) is 4.55. The second-order valence-electron chi connectivity index (χ2n) is 7.43. The van der Waals surface area contributed by atoms with E-state index < -0.39 is 10.0 Å². The molecule has 0 bridgehead atoms. The minimum absolute atomic E-state index is 0.302. The number of aromatic amines is 1. The number of H-pyrrole nitrogens is 1. The topological polar surface area (TPSA) is 130 Å². The van der Waals surface area contributed by atoms with Gasteiger partial charge in [-0.15, -0.1) is 0 Å². The van der Waals surface area contributed by atoms with Crippen molar-refractivity contribution in [3.63, 3.8) is 0 Å². The Morgan fingerprint density at radius 2 is 1.97 bits per heavy atom. The van der Waals surface area contributed by atoms with Gasteiger partial charge in [-0.25, -0.2) is 18.1 Å². The smallest absolute Gasteiger partial charge is 0.261 e. The number of carbonyl (C=O) groups is 1. The van der Waals surface area contributed by atoms with Gasteiger partial charge in [-0.05, 0) is 42.3 Å². The number of amides is 1. The highest BCUT2D eigenvalue weighted by molar-refractivity contribution is 7.92. The van der Waals surface area contributed by atoms with Crippen LogP contribution in [0.25, 0.3) is 16.7 Å². The highest BCUT2D eigenvalue weighted by Crippen LogP contribution is 2.31. The molecule has 5 rings (SSSR count).